The van der Waals surface area contributed by atoms with Crippen LogP contribution in [0.2, 0.25) is 0 Å². The zero-order chi connectivity index (χ0) is 16.1. The van der Waals surface area contributed by atoms with Crippen LogP contribution in [0.4, 0.5) is 0 Å². The van der Waals surface area contributed by atoms with Gasteiger partial charge in [0.2, 0.25) is 5.91 Å². The van der Waals surface area contributed by atoms with Crippen LogP contribution in [0.25, 0.3) is 0 Å². The first-order valence-electron chi connectivity index (χ1n) is 8.64. The third kappa shape index (κ3) is 4.54. The number of carbonyl (C=O) groups excluding carboxylic acids is 2. The van der Waals surface area contributed by atoms with Gasteiger partial charge in [-0.1, -0.05) is 6.07 Å². The number of rotatable bonds is 5. The van der Waals surface area contributed by atoms with E-state index in [9.17, 15) is 9.59 Å². The lowest BCUT2D eigenvalue weighted by Crippen LogP contribution is -3.15. The lowest BCUT2D eigenvalue weighted by atomic mass is 10.2. The van der Waals surface area contributed by atoms with Crippen molar-refractivity contribution < 1.29 is 14.5 Å². The summed E-state index contributed by atoms with van der Waals surface area (Å²) < 4.78 is 0. The summed E-state index contributed by atoms with van der Waals surface area (Å²) >= 11 is 1.71. The molecule has 23 heavy (non-hydrogen) atoms. The van der Waals surface area contributed by atoms with Crippen molar-refractivity contribution in [3.05, 3.63) is 22.4 Å². The molecule has 2 aliphatic heterocycles. The molecule has 0 aliphatic carbocycles. The lowest BCUT2D eigenvalue weighted by molar-refractivity contribution is -0.896. The SMILES string of the molecule is O=C(CCc1cccs1)N1CC[NH+](CC(=O)N2CCCC2)CC1. The molecule has 0 unspecified atom stereocenters. The van der Waals surface area contributed by atoms with E-state index in [-0.39, 0.29) is 11.8 Å². The Morgan fingerprint density at radius 2 is 1.74 bits per heavy atom. The smallest absolute Gasteiger partial charge is 0.277 e. The molecule has 126 valence electrons. The minimum absolute atomic E-state index is 0.253. The van der Waals surface area contributed by atoms with Gasteiger partial charge in [0, 0.05) is 24.4 Å². The van der Waals surface area contributed by atoms with Gasteiger partial charge in [0.15, 0.2) is 6.54 Å². The molecule has 1 aromatic heterocycles. The maximum atomic E-state index is 12.3. The summed E-state index contributed by atoms with van der Waals surface area (Å²) in [6.45, 7) is 5.81. The van der Waals surface area contributed by atoms with E-state index >= 15 is 0 Å². The van der Waals surface area contributed by atoms with Gasteiger partial charge in [0.25, 0.3) is 5.91 Å². The van der Waals surface area contributed by atoms with E-state index in [0.717, 1.165) is 58.5 Å². The van der Waals surface area contributed by atoms with Gasteiger partial charge in [-0.05, 0) is 30.7 Å². The fraction of sp³-hybridized carbons (Fsp3) is 0.647. The fourth-order valence-corrected chi connectivity index (χ4v) is 4.09. The Morgan fingerprint density at radius 1 is 1.04 bits per heavy atom. The van der Waals surface area contributed by atoms with Gasteiger partial charge >= 0.3 is 0 Å². The molecule has 0 atom stereocenters. The number of thiophene rings is 1. The Hall–Kier alpha value is -1.40. The van der Waals surface area contributed by atoms with E-state index in [4.69, 9.17) is 0 Å². The van der Waals surface area contributed by atoms with Crippen molar-refractivity contribution in [2.24, 2.45) is 0 Å². The van der Waals surface area contributed by atoms with Crippen LogP contribution in [0.5, 0.6) is 0 Å². The van der Waals surface area contributed by atoms with Crippen LogP contribution >= 0.6 is 11.3 Å². The van der Waals surface area contributed by atoms with E-state index in [2.05, 4.69) is 11.4 Å². The Labute approximate surface area is 141 Å². The van der Waals surface area contributed by atoms with E-state index < -0.39 is 0 Å². The molecular weight excluding hydrogens is 310 g/mol. The zero-order valence-corrected chi connectivity index (χ0v) is 14.4. The molecule has 3 rings (SSSR count). The van der Waals surface area contributed by atoms with E-state index in [1.54, 1.807) is 11.3 Å². The summed E-state index contributed by atoms with van der Waals surface area (Å²) in [6, 6.07) is 4.12. The van der Waals surface area contributed by atoms with Gasteiger partial charge in [-0.15, -0.1) is 11.3 Å². The normalized spacial score (nSPS) is 19.3. The van der Waals surface area contributed by atoms with E-state index in [1.165, 1.54) is 9.78 Å². The summed E-state index contributed by atoms with van der Waals surface area (Å²) in [7, 11) is 0. The number of nitrogens with one attached hydrogen (secondary N) is 1. The van der Waals surface area contributed by atoms with Crippen LogP contribution in [0, 0.1) is 0 Å². The maximum absolute atomic E-state index is 12.3. The first-order chi connectivity index (χ1) is 11.2. The van der Waals surface area contributed by atoms with Crippen molar-refractivity contribution in [3.8, 4) is 0 Å². The molecule has 5 nitrogen and oxygen atoms in total. The molecular formula is C17H26N3O2S+. The molecule has 0 radical (unpaired) electrons. The first-order valence-corrected chi connectivity index (χ1v) is 9.52. The van der Waals surface area contributed by atoms with Gasteiger partial charge in [0.1, 0.15) is 0 Å². The molecule has 2 fully saturated rings. The van der Waals surface area contributed by atoms with Gasteiger partial charge in [-0.3, -0.25) is 9.59 Å². The highest BCUT2D eigenvalue weighted by Gasteiger charge is 2.27. The Balaban J connectivity index is 1.37. The van der Waals surface area contributed by atoms with Crippen LogP contribution < -0.4 is 4.90 Å². The van der Waals surface area contributed by atoms with Crippen LogP contribution in [-0.2, 0) is 16.0 Å². The molecule has 0 bridgehead atoms. The predicted octanol–water partition coefficient (Wildman–Crippen LogP) is 0.0302. The average Bonchev–Trinajstić information content (AvgIpc) is 3.26. The maximum Gasteiger partial charge on any atom is 0.277 e. The molecule has 0 spiro atoms. The Kier molecular flexibility index (Phi) is 5.67. The van der Waals surface area contributed by atoms with Gasteiger partial charge < -0.3 is 14.7 Å². The first kappa shape index (κ1) is 16.5. The van der Waals surface area contributed by atoms with E-state index in [0.29, 0.717) is 13.0 Å². The number of quaternary nitrogens is 1. The predicted molar refractivity (Wildman–Crippen MR) is 90.6 cm³/mol. The second-order valence-corrected chi connectivity index (χ2v) is 7.51. The molecule has 6 heteroatoms. The highest BCUT2D eigenvalue weighted by molar-refractivity contribution is 7.09. The number of hydrogen-bond donors (Lipinski definition) is 1. The number of likely N-dealkylation sites (tertiary alicyclic amines) is 1. The van der Waals surface area contributed by atoms with E-state index in [1.807, 2.05) is 15.9 Å². The van der Waals surface area contributed by atoms with Gasteiger partial charge in [-0.2, -0.15) is 0 Å². The minimum Gasteiger partial charge on any atom is -0.338 e. The second-order valence-electron chi connectivity index (χ2n) is 6.47. The Bertz CT molecular complexity index is 518. The summed E-state index contributed by atoms with van der Waals surface area (Å²) in [5.41, 5.74) is 0. The highest BCUT2D eigenvalue weighted by Crippen LogP contribution is 2.12. The summed E-state index contributed by atoms with van der Waals surface area (Å²) in [5, 5.41) is 2.05. The molecule has 3 heterocycles. The van der Waals surface area contributed by atoms with Crippen LogP contribution in [0.1, 0.15) is 24.1 Å². The summed E-state index contributed by atoms with van der Waals surface area (Å²) in [6.07, 6.45) is 3.74. The standard InChI is InChI=1S/C17H25N3O2S/c21-16(6-5-15-4-3-13-23-15)20-11-9-18(10-12-20)14-17(22)19-7-1-2-8-19/h3-4,13H,1-2,5-12,14H2/p+1. The van der Waals surface area contributed by atoms with Crippen LogP contribution in [0.3, 0.4) is 0 Å². The number of nitrogens with zero attached hydrogens (tertiary/aromatic N) is 2. The Morgan fingerprint density at radius 3 is 2.39 bits per heavy atom. The molecule has 1 N–H and O–H groups in total. The number of carbonyl (C=O) groups is 2. The molecule has 2 aliphatic rings. The minimum atomic E-state index is 0.253. The molecule has 1 aromatic rings. The van der Waals surface area contributed by atoms with Crippen molar-refractivity contribution in [2.45, 2.75) is 25.7 Å². The number of piperazine rings is 1. The topological polar surface area (TPSA) is 45.1 Å². The number of hydrogen-bond acceptors (Lipinski definition) is 3. The monoisotopic (exact) mass is 336 g/mol. The fourth-order valence-electron chi connectivity index (χ4n) is 3.38. The van der Waals surface area contributed by atoms with Crippen molar-refractivity contribution in [3.63, 3.8) is 0 Å². The van der Waals surface area contributed by atoms with Gasteiger partial charge in [0.05, 0.1) is 26.2 Å². The summed E-state index contributed by atoms with van der Waals surface area (Å²) in [5.74, 6) is 0.540. The molecule has 0 saturated carbocycles. The van der Waals surface area contributed by atoms with Crippen LogP contribution in [0.15, 0.2) is 17.5 Å². The average molecular weight is 336 g/mol. The van der Waals surface area contributed by atoms with Crippen molar-refractivity contribution >= 4 is 23.2 Å². The zero-order valence-electron chi connectivity index (χ0n) is 13.6. The van der Waals surface area contributed by atoms with Crippen molar-refractivity contribution in [2.75, 3.05) is 45.8 Å². The molecule has 2 saturated heterocycles. The molecule has 2 amide bonds. The largest absolute Gasteiger partial charge is 0.338 e. The third-order valence-electron chi connectivity index (χ3n) is 4.85. The number of aryl methyl sites for hydroxylation is 1. The second kappa shape index (κ2) is 7.93. The van der Waals surface area contributed by atoms with Gasteiger partial charge in [-0.25, -0.2) is 0 Å². The lowest BCUT2D eigenvalue weighted by Gasteiger charge is -2.32. The summed E-state index contributed by atoms with van der Waals surface area (Å²) in [4.78, 5) is 31.0. The number of amides is 2. The molecule has 0 aromatic carbocycles. The van der Waals surface area contributed by atoms with Crippen molar-refractivity contribution in [1.29, 1.82) is 0 Å². The van der Waals surface area contributed by atoms with Crippen molar-refractivity contribution in [1.82, 2.24) is 9.80 Å². The highest BCUT2D eigenvalue weighted by atomic mass is 32.1. The third-order valence-corrected chi connectivity index (χ3v) is 5.78. The quantitative estimate of drug-likeness (QED) is 0.825. The van der Waals surface area contributed by atoms with Crippen LogP contribution in [-0.4, -0.2) is 67.4 Å².